The molecule has 24 N–H and O–H groups in total. The molecule has 0 unspecified atom stereocenters. The van der Waals surface area contributed by atoms with Crippen molar-refractivity contribution < 1.29 is 43.5 Å². The highest BCUT2D eigenvalue weighted by molar-refractivity contribution is 5.97. The van der Waals surface area contributed by atoms with Gasteiger partial charge in [-0.05, 0) is 107 Å². The van der Waals surface area contributed by atoms with E-state index in [1.165, 1.54) is 34.1 Å². The minimum atomic E-state index is -1.41. The third-order valence-electron chi connectivity index (χ3n) is 12.7. The zero-order valence-electron chi connectivity index (χ0n) is 46.9. The molecule has 0 saturated heterocycles. The van der Waals surface area contributed by atoms with Crippen LogP contribution in [0.1, 0.15) is 129 Å². The summed E-state index contributed by atoms with van der Waals surface area (Å²) in [5, 5.41) is 23.5. The number of nitrogens with one attached hydrogen (secondary N) is 5. The molecule has 0 aliphatic heterocycles. The van der Waals surface area contributed by atoms with Gasteiger partial charge in [0.25, 0.3) is 0 Å². The minimum Gasteiger partial charge on any atom is -0.508 e. The van der Waals surface area contributed by atoms with E-state index in [2.05, 4.69) is 36.6 Å². The monoisotopic (exact) mass is 1120 g/mol. The molecule has 1 aromatic rings. The van der Waals surface area contributed by atoms with Crippen molar-refractivity contribution >= 4 is 59.2 Å². The number of primary amides is 1. The van der Waals surface area contributed by atoms with Crippen molar-refractivity contribution in [2.75, 3.05) is 58.9 Å². The van der Waals surface area contributed by atoms with Gasteiger partial charge in [0.1, 0.15) is 36.0 Å². The van der Waals surface area contributed by atoms with Gasteiger partial charge >= 0.3 is 0 Å². The van der Waals surface area contributed by atoms with Gasteiger partial charge in [0.2, 0.25) is 47.3 Å². The summed E-state index contributed by atoms with van der Waals surface area (Å²) in [4.78, 5) is 121. The molecule has 0 fully saturated rings. The molecule has 0 bridgehead atoms. The van der Waals surface area contributed by atoms with Crippen LogP contribution in [0.4, 0.5) is 0 Å². The number of aliphatic imine (C=N–C) groups is 2. The number of amides is 8. The molecule has 0 heterocycles. The lowest BCUT2D eigenvalue weighted by molar-refractivity contribution is -0.140. The van der Waals surface area contributed by atoms with Crippen molar-refractivity contribution in [1.29, 1.82) is 0 Å². The standard InChI is InChI=1S/C52H96N18O9/c1-4-15-38(65-46(75)39(17-14-27-63-52(60)61)64-44(73)33-70(29-12-8-6-10-25-54)49(78)37(56)16-13-26-62-51(58)59)45(74)67-41(30-35-19-21-36(71)22-20-35)47(76)68-42(31-55)48(77)66-40(23-18-34(2)3)50(79)69(32-43(57)72)28-11-7-5-9-24-53/h19-22,34,37-42,71H,4-18,23-33,53-56H2,1-3H3,(H2,57,72)(H,64,73)(H,65,75)(H,66,77)(H,67,74)(H,68,76)(H4,58,59,62)(H4,60,61,63)/t37-,38-,39-,40-,41-,42-/m0/s1. The number of guanidine groups is 2. The molecular formula is C52H96N18O9. The smallest absolute Gasteiger partial charge is 0.245 e. The van der Waals surface area contributed by atoms with Gasteiger partial charge in [-0.15, -0.1) is 0 Å². The first-order chi connectivity index (χ1) is 37.6. The van der Waals surface area contributed by atoms with Gasteiger partial charge < -0.3 is 93.1 Å². The first kappa shape index (κ1) is 70.2. The molecule has 0 aliphatic carbocycles. The number of benzene rings is 1. The number of nitrogens with zero attached hydrogens (tertiary/aromatic N) is 4. The van der Waals surface area contributed by atoms with Gasteiger partial charge in [0.15, 0.2) is 11.9 Å². The van der Waals surface area contributed by atoms with E-state index in [1.54, 1.807) is 6.92 Å². The summed E-state index contributed by atoms with van der Waals surface area (Å²) in [5.41, 5.74) is 51.6. The Hall–Kier alpha value is -6.84. The van der Waals surface area contributed by atoms with Crippen molar-refractivity contribution in [2.45, 2.75) is 166 Å². The fourth-order valence-corrected chi connectivity index (χ4v) is 8.32. The SMILES string of the molecule is CCC[C@H](NC(=O)[C@H](CCCN=C(N)N)NC(=O)CN(CCCCCCN)C(=O)[C@@H](N)CCCN=C(N)N)C(=O)N[C@@H](Cc1ccc(O)cc1)C(=O)N[C@@H](CN)C(=O)N[C@@H](CCC(C)C)C(=O)N(CCCCCCN)CC(N)=O. The number of hydrogen-bond donors (Lipinski definition) is 15. The maximum absolute atomic E-state index is 14.3. The molecule has 0 aliphatic rings. The average Bonchev–Trinajstić information content (AvgIpc) is 3.40. The Morgan fingerprint density at radius 3 is 1.51 bits per heavy atom. The van der Waals surface area contributed by atoms with Gasteiger partial charge in [0, 0.05) is 39.1 Å². The van der Waals surface area contributed by atoms with E-state index in [4.69, 9.17) is 51.6 Å². The highest BCUT2D eigenvalue weighted by atomic mass is 16.3. The lowest BCUT2D eigenvalue weighted by Crippen LogP contribution is -2.61. The molecule has 448 valence electrons. The van der Waals surface area contributed by atoms with Gasteiger partial charge in [-0.3, -0.25) is 48.3 Å². The molecule has 1 aromatic carbocycles. The Labute approximate surface area is 465 Å². The number of nitrogens with two attached hydrogens (primary N) is 9. The second-order valence-corrected chi connectivity index (χ2v) is 20.1. The topological polar surface area (TPSA) is 482 Å². The summed E-state index contributed by atoms with van der Waals surface area (Å²) in [6.07, 6.45) is 7.71. The summed E-state index contributed by atoms with van der Waals surface area (Å²) < 4.78 is 0. The summed E-state index contributed by atoms with van der Waals surface area (Å²) in [7, 11) is 0. The Morgan fingerprint density at radius 1 is 0.532 bits per heavy atom. The van der Waals surface area contributed by atoms with Crippen LogP contribution >= 0.6 is 0 Å². The normalized spacial score (nSPS) is 13.3. The summed E-state index contributed by atoms with van der Waals surface area (Å²) in [6, 6.07) is -1.55. The molecule has 8 amide bonds. The highest BCUT2D eigenvalue weighted by Gasteiger charge is 2.34. The van der Waals surface area contributed by atoms with Crippen LogP contribution in [-0.2, 0) is 44.8 Å². The van der Waals surface area contributed by atoms with Crippen LogP contribution in [-0.4, -0.2) is 169 Å². The van der Waals surface area contributed by atoms with Crippen LogP contribution in [0.5, 0.6) is 5.75 Å². The number of phenolic OH excluding ortho intramolecular Hbond substituents is 1. The third-order valence-corrected chi connectivity index (χ3v) is 12.7. The van der Waals surface area contributed by atoms with Gasteiger partial charge in [-0.1, -0.05) is 65.0 Å². The van der Waals surface area contributed by atoms with Gasteiger partial charge in [0.05, 0.1) is 19.1 Å². The summed E-state index contributed by atoms with van der Waals surface area (Å²) in [6.45, 7) is 6.22. The third kappa shape index (κ3) is 30.8. The minimum absolute atomic E-state index is 0.00290. The van der Waals surface area contributed by atoms with Crippen LogP contribution in [0.25, 0.3) is 0 Å². The first-order valence-corrected chi connectivity index (χ1v) is 27.7. The van der Waals surface area contributed by atoms with Crippen LogP contribution < -0.4 is 78.2 Å². The maximum Gasteiger partial charge on any atom is 0.245 e. The van der Waals surface area contributed by atoms with Crippen molar-refractivity contribution in [1.82, 2.24) is 36.4 Å². The van der Waals surface area contributed by atoms with E-state index >= 15 is 0 Å². The highest BCUT2D eigenvalue weighted by Crippen LogP contribution is 2.15. The number of unbranched alkanes of at least 4 members (excludes halogenated alkanes) is 6. The largest absolute Gasteiger partial charge is 0.508 e. The van der Waals surface area contributed by atoms with Crippen molar-refractivity contribution in [3.05, 3.63) is 29.8 Å². The lowest BCUT2D eigenvalue weighted by Gasteiger charge is -2.29. The average molecular weight is 1120 g/mol. The van der Waals surface area contributed by atoms with E-state index < -0.39 is 96.6 Å². The molecule has 0 saturated carbocycles. The molecule has 6 atom stereocenters. The van der Waals surface area contributed by atoms with Crippen molar-refractivity contribution in [3.8, 4) is 5.75 Å². The molecule has 1 rings (SSSR count). The molecule has 0 spiro atoms. The fourth-order valence-electron chi connectivity index (χ4n) is 8.32. The van der Waals surface area contributed by atoms with Gasteiger partial charge in [-0.2, -0.15) is 0 Å². The predicted octanol–water partition coefficient (Wildman–Crippen LogP) is -2.83. The molecule has 27 nitrogen and oxygen atoms in total. The zero-order chi connectivity index (χ0) is 59.3. The number of aromatic hydroxyl groups is 1. The number of carbonyl (C=O) groups excluding carboxylic acids is 8. The van der Waals surface area contributed by atoms with E-state index in [9.17, 15) is 43.5 Å². The summed E-state index contributed by atoms with van der Waals surface area (Å²) in [5.74, 6) is -5.81. The van der Waals surface area contributed by atoms with E-state index in [0.717, 1.165) is 38.5 Å². The van der Waals surface area contributed by atoms with Crippen molar-refractivity contribution in [2.24, 2.45) is 67.5 Å². The van der Waals surface area contributed by atoms with Crippen LogP contribution in [0.15, 0.2) is 34.3 Å². The maximum atomic E-state index is 14.3. The Balaban J connectivity index is 3.52. The second-order valence-electron chi connectivity index (χ2n) is 20.1. The van der Waals surface area contributed by atoms with Crippen LogP contribution in [0, 0.1) is 5.92 Å². The quantitative estimate of drug-likeness (QED) is 0.0178. The second kappa shape index (κ2) is 40.4. The summed E-state index contributed by atoms with van der Waals surface area (Å²) >= 11 is 0. The lowest BCUT2D eigenvalue weighted by atomic mass is 10.0. The number of carbonyl (C=O) groups is 8. The molecule has 0 aromatic heterocycles. The van der Waals surface area contributed by atoms with E-state index in [-0.39, 0.29) is 94.8 Å². The molecule has 79 heavy (non-hydrogen) atoms. The fraction of sp³-hybridized carbons (Fsp3) is 0.692. The molecular weight excluding hydrogens is 1020 g/mol. The molecule has 0 radical (unpaired) electrons. The van der Waals surface area contributed by atoms with Crippen molar-refractivity contribution in [3.63, 3.8) is 0 Å². The van der Waals surface area contributed by atoms with Crippen LogP contribution in [0.3, 0.4) is 0 Å². The number of hydrogen-bond acceptors (Lipinski definition) is 15. The van der Waals surface area contributed by atoms with E-state index in [0.29, 0.717) is 50.8 Å². The Bertz CT molecular complexity index is 2070. The number of phenols is 1. The predicted molar refractivity (Wildman–Crippen MR) is 305 cm³/mol. The Morgan fingerprint density at radius 2 is 1.00 bits per heavy atom. The first-order valence-electron chi connectivity index (χ1n) is 27.7. The number of rotatable bonds is 43. The molecule has 27 heteroatoms. The van der Waals surface area contributed by atoms with E-state index in [1.807, 2.05) is 13.8 Å². The van der Waals surface area contributed by atoms with Gasteiger partial charge in [-0.25, -0.2) is 0 Å². The zero-order valence-corrected chi connectivity index (χ0v) is 46.9. The Kier molecular flexibility index (Phi) is 35.9. The van der Waals surface area contributed by atoms with Crippen LogP contribution in [0.2, 0.25) is 0 Å².